The summed E-state index contributed by atoms with van der Waals surface area (Å²) in [4.78, 5) is 16.6. The summed E-state index contributed by atoms with van der Waals surface area (Å²) >= 11 is 1.75. The monoisotopic (exact) mass is 374 g/mol. The van der Waals surface area contributed by atoms with E-state index in [0.717, 1.165) is 29.1 Å². The van der Waals surface area contributed by atoms with Crippen LogP contribution in [0.5, 0.6) is 0 Å². The third kappa shape index (κ3) is 2.59. The molecule has 2 atom stereocenters. The summed E-state index contributed by atoms with van der Waals surface area (Å²) in [5.74, 6) is 0.308. The molecule has 4 heteroatoms. The average molecular weight is 375 g/mol. The predicted octanol–water partition coefficient (Wildman–Crippen LogP) is 4.78. The van der Waals surface area contributed by atoms with Gasteiger partial charge in [-0.25, -0.2) is 0 Å². The van der Waals surface area contributed by atoms with Gasteiger partial charge in [0.05, 0.1) is 5.56 Å². The second-order valence-electron chi connectivity index (χ2n) is 7.50. The van der Waals surface area contributed by atoms with Crippen LogP contribution in [0.1, 0.15) is 43.4 Å². The second kappa shape index (κ2) is 6.24. The second-order valence-corrected chi connectivity index (χ2v) is 8.71. The van der Waals surface area contributed by atoms with Crippen LogP contribution in [-0.4, -0.2) is 12.1 Å². The Hall–Kier alpha value is -2.59. The van der Waals surface area contributed by atoms with Crippen LogP contribution in [0.25, 0.3) is 0 Å². The van der Waals surface area contributed by atoms with Crippen molar-refractivity contribution in [1.82, 2.24) is 5.32 Å². The summed E-state index contributed by atoms with van der Waals surface area (Å²) in [7, 11) is 0. The van der Waals surface area contributed by atoms with E-state index in [-0.39, 0.29) is 18.0 Å². The van der Waals surface area contributed by atoms with Gasteiger partial charge in [-0.2, -0.15) is 0 Å². The maximum Gasteiger partial charge on any atom is 0.256 e. The largest absolute Gasteiger partial charge is 0.338 e. The number of thiophene rings is 1. The molecular weight excluding hydrogens is 352 g/mol. The van der Waals surface area contributed by atoms with E-state index in [1.54, 1.807) is 11.3 Å². The van der Waals surface area contributed by atoms with Crippen molar-refractivity contribution >= 4 is 22.2 Å². The fraction of sp³-hybridized carbons (Fsp3) is 0.261. The maximum atomic E-state index is 13.0. The number of benzene rings is 2. The van der Waals surface area contributed by atoms with Crippen molar-refractivity contribution in [2.75, 3.05) is 4.90 Å². The molecule has 2 unspecified atom stereocenters. The number of hydrogen-bond donors (Lipinski definition) is 1. The summed E-state index contributed by atoms with van der Waals surface area (Å²) in [5.41, 5.74) is 6.01. The minimum absolute atomic E-state index is 0.00226. The van der Waals surface area contributed by atoms with Crippen molar-refractivity contribution in [1.29, 1.82) is 0 Å². The maximum absolute atomic E-state index is 13.0. The van der Waals surface area contributed by atoms with Gasteiger partial charge in [0.15, 0.2) is 0 Å². The number of hydrogen-bond acceptors (Lipinski definition) is 3. The van der Waals surface area contributed by atoms with Crippen LogP contribution in [-0.2, 0) is 13.0 Å². The van der Waals surface area contributed by atoms with Crippen LogP contribution >= 0.6 is 11.3 Å². The summed E-state index contributed by atoms with van der Waals surface area (Å²) < 4.78 is 0. The van der Waals surface area contributed by atoms with Crippen LogP contribution in [0, 0.1) is 13.8 Å². The first kappa shape index (κ1) is 16.6. The minimum Gasteiger partial charge on any atom is -0.338 e. The van der Waals surface area contributed by atoms with Crippen LogP contribution in [0.3, 0.4) is 0 Å². The van der Waals surface area contributed by atoms with Gasteiger partial charge in [0.1, 0.15) is 11.2 Å². The molecule has 2 aromatic carbocycles. The Morgan fingerprint density at radius 2 is 1.81 bits per heavy atom. The van der Waals surface area contributed by atoms with E-state index >= 15 is 0 Å². The molecule has 5 rings (SSSR count). The van der Waals surface area contributed by atoms with E-state index in [9.17, 15) is 4.79 Å². The third-order valence-electron chi connectivity index (χ3n) is 5.94. The Morgan fingerprint density at radius 1 is 1.07 bits per heavy atom. The van der Waals surface area contributed by atoms with Crippen LogP contribution in [0.2, 0.25) is 0 Å². The van der Waals surface area contributed by atoms with E-state index in [1.165, 1.54) is 21.6 Å². The number of carbonyl (C=O) groups is 1. The zero-order chi connectivity index (χ0) is 18.5. The fourth-order valence-electron chi connectivity index (χ4n) is 4.46. The van der Waals surface area contributed by atoms with Gasteiger partial charge in [-0.05, 0) is 42.5 Å². The lowest BCUT2D eigenvalue weighted by molar-refractivity contribution is 0.0916. The molecule has 0 spiro atoms. The molecule has 0 saturated heterocycles. The Balaban J connectivity index is 1.63. The molecule has 3 aromatic rings. The number of amides is 1. The van der Waals surface area contributed by atoms with Crippen LogP contribution < -0.4 is 10.2 Å². The summed E-state index contributed by atoms with van der Waals surface area (Å²) in [6, 6.07) is 19.3. The molecule has 0 radical (unpaired) electrons. The van der Waals surface area contributed by atoms with Crippen molar-refractivity contribution in [2.24, 2.45) is 0 Å². The zero-order valence-corrected chi connectivity index (χ0v) is 16.3. The number of fused-ring (bicyclic) bond motifs is 4. The first-order valence-corrected chi connectivity index (χ1v) is 10.2. The predicted molar refractivity (Wildman–Crippen MR) is 111 cm³/mol. The molecule has 3 heterocycles. The lowest BCUT2D eigenvalue weighted by Gasteiger charge is -2.46. The molecule has 1 amide bonds. The highest BCUT2D eigenvalue weighted by atomic mass is 32.1. The highest BCUT2D eigenvalue weighted by Gasteiger charge is 2.42. The lowest BCUT2D eigenvalue weighted by Crippen LogP contribution is -2.57. The Morgan fingerprint density at radius 3 is 2.63 bits per heavy atom. The Labute approximate surface area is 163 Å². The number of rotatable bonds is 2. The first-order valence-electron chi connectivity index (χ1n) is 9.42. The Kier molecular flexibility index (Phi) is 3.83. The fourth-order valence-corrected chi connectivity index (χ4v) is 5.65. The molecule has 0 bridgehead atoms. The molecule has 2 aliphatic rings. The topological polar surface area (TPSA) is 32.3 Å². The van der Waals surface area contributed by atoms with Gasteiger partial charge in [0, 0.05) is 17.3 Å². The van der Waals surface area contributed by atoms with Gasteiger partial charge in [0.25, 0.3) is 5.91 Å². The van der Waals surface area contributed by atoms with Gasteiger partial charge < -0.3 is 10.2 Å². The van der Waals surface area contributed by atoms with Crippen molar-refractivity contribution in [3.8, 4) is 0 Å². The van der Waals surface area contributed by atoms with E-state index in [1.807, 2.05) is 0 Å². The molecule has 2 aliphatic heterocycles. The number of carbonyl (C=O) groups excluding carboxylic acids is 1. The molecule has 27 heavy (non-hydrogen) atoms. The number of nitrogens with zero attached hydrogens (tertiary/aromatic N) is 1. The molecule has 1 aromatic heterocycles. The number of anilines is 1. The zero-order valence-electron chi connectivity index (χ0n) is 15.5. The van der Waals surface area contributed by atoms with Crippen molar-refractivity contribution in [3.05, 3.63) is 87.3 Å². The van der Waals surface area contributed by atoms with Gasteiger partial charge in [-0.3, -0.25) is 4.79 Å². The molecule has 0 saturated carbocycles. The number of nitrogens with one attached hydrogen (secondary N) is 1. The first-order chi connectivity index (χ1) is 13.1. The van der Waals surface area contributed by atoms with Crippen molar-refractivity contribution in [3.63, 3.8) is 0 Å². The van der Waals surface area contributed by atoms with Crippen LogP contribution in [0.15, 0.2) is 54.6 Å². The highest BCUT2D eigenvalue weighted by molar-refractivity contribution is 7.16. The van der Waals surface area contributed by atoms with E-state index < -0.39 is 0 Å². The molecule has 1 N–H and O–H groups in total. The molecule has 0 aliphatic carbocycles. The lowest BCUT2D eigenvalue weighted by atomic mass is 9.82. The molecule has 3 nitrogen and oxygen atoms in total. The quantitative estimate of drug-likeness (QED) is 0.700. The van der Waals surface area contributed by atoms with Gasteiger partial charge >= 0.3 is 0 Å². The third-order valence-corrected chi connectivity index (χ3v) is 7.19. The van der Waals surface area contributed by atoms with Crippen molar-refractivity contribution in [2.45, 2.75) is 38.9 Å². The van der Waals surface area contributed by atoms with E-state index in [0.29, 0.717) is 0 Å². The Bertz CT molecular complexity index is 1020. The number of aryl methyl sites for hydroxylation is 1. The van der Waals surface area contributed by atoms with E-state index in [4.69, 9.17) is 0 Å². The minimum atomic E-state index is -0.00226. The van der Waals surface area contributed by atoms with Crippen LogP contribution in [0.4, 0.5) is 5.00 Å². The molecule has 136 valence electrons. The van der Waals surface area contributed by atoms with E-state index in [2.05, 4.69) is 78.7 Å². The summed E-state index contributed by atoms with van der Waals surface area (Å²) in [5, 5.41) is 4.46. The average Bonchev–Trinajstić information content (AvgIpc) is 2.99. The van der Waals surface area contributed by atoms with Crippen molar-refractivity contribution < 1.29 is 4.79 Å². The SMILES string of the molecule is Cc1sc2c(c1C)C(=O)NC1C(Cc3ccccc3)c3ccccc3CN21. The van der Waals surface area contributed by atoms with Gasteiger partial charge in [-0.1, -0.05) is 54.6 Å². The normalized spacial score (nSPS) is 20.5. The summed E-state index contributed by atoms with van der Waals surface area (Å²) in [6.07, 6.45) is 0.912. The standard InChI is InChI=1S/C23H22N2OS/c1-14-15(2)27-23-20(14)22(26)24-21-19(12-16-8-4-3-5-9-16)18-11-7-6-10-17(18)13-25(21)23/h3-11,19,21H,12-13H2,1-2H3,(H,24,26). The highest BCUT2D eigenvalue weighted by Crippen LogP contribution is 2.45. The van der Waals surface area contributed by atoms with Gasteiger partial charge in [0.2, 0.25) is 0 Å². The van der Waals surface area contributed by atoms with Gasteiger partial charge in [-0.15, -0.1) is 11.3 Å². The summed E-state index contributed by atoms with van der Waals surface area (Å²) in [6.45, 7) is 5.02. The molecular formula is C23H22N2OS. The molecule has 0 fully saturated rings. The smallest absolute Gasteiger partial charge is 0.256 e.